The lowest BCUT2D eigenvalue weighted by molar-refractivity contribution is -0.111. The first-order valence-corrected chi connectivity index (χ1v) is 11.4. The number of benzene rings is 2. The van der Waals surface area contributed by atoms with Crippen molar-refractivity contribution in [1.29, 1.82) is 0 Å². The number of aromatic nitrogens is 4. The molecule has 3 heterocycles. The van der Waals surface area contributed by atoms with Crippen molar-refractivity contribution in [3.05, 3.63) is 73.2 Å². The lowest BCUT2D eigenvalue weighted by atomic mass is 10.1. The second kappa shape index (κ2) is 9.70. The standard InChI is InChI=1S/C25H24F2N8O/c1-3-21(36)30-17-6-4-5-16(13-17)18-14-29-35-15-28-25(32-24(18)35)31-19-7-8-20(23(27)22(19)26)34-11-9-33(2)10-12-34/h3-8,13-15H,1,9-12H2,2H3,(H,30,36)(H,31,32). The van der Waals surface area contributed by atoms with Gasteiger partial charge in [-0.2, -0.15) is 10.1 Å². The first kappa shape index (κ1) is 23.4. The number of hydrogen-bond donors (Lipinski definition) is 2. The number of hydrogen-bond acceptors (Lipinski definition) is 7. The predicted molar refractivity (Wildman–Crippen MR) is 134 cm³/mol. The Morgan fingerprint density at radius 2 is 1.92 bits per heavy atom. The zero-order valence-corrected chi connectivity index (χ0v) is 19.6. The summed E-state index contributed by atoms with van der Waals surface area (Å²) in [5.74, 6) is -2.14. The number of fused-ring (bicyclic) bond motifs is 1. The fourth-order valence-corrected chi connectivity index (χ4v) is 4.06. The van der Waals surface area contributed by atoms with Crippen LogP contribution in [0.25, 0.3) is 16.8 Å². The molecule has 36 heavy (non-hydrogen) atoms. The van der Waals surface area contributed by atoms with Crippen LogP contribution in [0.15, 0.2) is 61.6 Å². The van der Waals surface area contributed by atoms with Gasteiger partial charge in [-0.05, 0) is 43.0 Å². The first-order chi connectivity index (χ1) is 17.4. The molecule has 5 rings (SSSR count). The number of anilines is 4. The zero-order valence-electron chi connectivity index (χ0n) is 19.6. The first-order valence-electron chi connectivity index (χ1n) is 11.4. The number of piperazine rings is 1. The van der Waals surface area contributed by atoms with Gasteiger partial charge in [0.1, 0.15) is 6.33 Å². The minimum Gasteiger partial charge on any atom is -0.367 e. The smallest absolute Gasteiger partial charge is 0.247 e. The molecule has 2 N–H and O–H groups in total. The van der Waals surface area contributed by atoms with Crippen LogP contribution in [0, 0.1) is 11.6 Å². The molecule has 0 aliphatic carbocycles. The van der Waals surface area contributed by atoms with Crippen molar-refractivity contribution in [2.24, 2.45) is 0 Å². The van der Waals surface area contributed by atoms with E-state index >= 15 is 0 Å². The minimum absolute atomic E-state index is 0.0649. The highest BCUT2D eigenvalue weighted by molar-refractivity contribution is 5.99. The summed E-state index contributed by atoms with van der Waals surface area (Å²) < 4.78 is 31.4. The van der Waals surface area contributed by atoms with Gasteiger partial charge in [0.25, 0.3) is 0 Å². The van der Waals surface area contributed by atoms with Gasteiger partial charge in [0.15, 0.2) is 17.3 Å². The van der Waals surface area contributed by atoms with Gasteiger partial charge in [-0.3, -0.25) is 4.79 Å². The maximum atomic E-state index is 15.0. The molecule has 1 aliphatic heterocycles. The molecule has 0 bridgehead atoms. The monoisotopic (exact) mass is 490 g/mol. The molecular weight excluding hydrogens is 466 g/mol. The van der Waals surface area contributed by atoms with Crippen LogP contribution in [0.4, 0.5) is 31.8 Å². The average molecular weight is 491 g/mol. The van der Waals surface area contributed by atoms with Crippen LogP contribution in [0.2, 0.25) is 0 Å². The molecule has 11 heteroatoms. The fourth-order valence-electron chi connectivity index (χ4n) is 4.06. The summed E-state index contributed by atoms with van der Waals surface area (Å²) in [6.45, 7) is 6.27. The lowest BCUT2D eigenvalue weighted by Crippen LogP contribution is -2.44. The number of carbonyl (C=O) groups excluding carboxylic acids is 1. The maximum absolute atomic E-state index is 15.0. The van der Waals surface area contributed by atoms with E-state index in [2.05, 4.69) is 37.2 Å². The van der Waals surface area contributed by atoms with E-state index in [0.29, 0.717) is 30.0 Å². The Bertz CT molecular complexity index is 1450. The predicted octanol–water partition coefficient (Wildman–Crippen LogP) is 3.69. The minimum atomic E-state index is -0.991. The van der Waals surface area contributed by atoms with Gasteiger partial charge in [-0.1, -0.05) is 18.7 Å². The molecule has 1 aliphatic rings. The highest BCUT2D eigenvalue weighted by atomic mass is 19.2. The SMILES string of the molecule is C=CC(=O)Nc1cccc(-c2cnn3cnc(Nc4ccc(N5CCN(C)CC5)c(F)c4F)nc23)c1. The number of likely N-dealkylation sites (N-methyl/N-ethyl adjacent to an activating group) is 1. The average Bonchev–Trinajstić information content (AvgIpc) is 3.31. The van der Waals surface area contributed by atoms with Gasteiger partial charge < -0.3 is 20.4 Å². The maximum Gasteiger partial charge on any atom is 0.247 e. The van der Waals surface area contributed by atoms with E-state index in [0.717, 1.165) is 18.7 Å². The van der Waals surface area contributed by atoms with Gasteiger partial charge in [-0.25, -0.2) is 18.3 Å². The number of halogens is 2. The van der Waals surface area contributed by atoms with E-state index in [1.54, 1.807) is 30.5 Å². The van der Waals surface area contributed by atoms with Gasteiger partial charge in [0, 0.05) is 37.4 Å². The highest BCUT2D eigenvalue weighted by Gasteiger charge is 2.22. The number of nitrogens with one attached hydrogen (secondary N) is 2. The molecule has 184 valence electrons. The molecule has 9 nitrogen and oxygen atoms in total. The summed E-state index contributed by atoms with van der Waals surface area (Å²) in [6, 6.07) is 10.2. The summed E-state index contributed by atoms with van der Waals surface area (Å²) in [4.78, 5) is 24.3. The molecule has 1 amide bonds. The molecule has 2 aromatic carbocycles. The van der Waals surface area contributed by atoms with E-state index in [1.807, 2.05) is 18.0 Å². The van der Waals surface area contributed by atoms with Crippen LogP contribution in [0.1, 0.15) is 0 Å². The van der Waals surface area contributed by atoms with Crippen LogP contribution in [0.3, 0.4) is 0 Å². The molecule has 0 unspecified atom stereocenters. The highest BCUT2D eigenvalue weighted by Crippen LogP contribution is 2.30. The van der Waals surface area contributed by atoms with E-state index in [-0.39, 0.29) is 23.2 Å². The lowest BCUT2D eigenvalue weighted by Gasteiger charge is -2.34. The Kier molecular flexibility index (Phi) is 6.30. The molecular formula is C25H24F2N8O. The summed E-state index contributed by atoms with van der Waals surface area (Å²) >= 11 is 0. The van der Waals surface area contributed by atoms with Crippen molar-refractivity contribution in [3.63, 3.8) is 0 Å². The third-order valence-electron chi connectivity index (χ3n) is 6.05. The normalized spacial score (nSPS) is 14.1. The summed E-state index contributed by atoms with van der Waals surface area (Å²) in [7, 11) is 2.00. The van der Waals surface area contributed by atoms with Crippen molar-refractivity contribution in [1.82, 2.24) is 24.5 Å². The van der Waals surface area contributed by atoms with Crippen LogP contribution >= 0.6 is 0 Å². The van der Waals surface area contributed by atoms with Gasteiger partial charge >= 0.3 is 0 Å². The quantitative estimate of drug-likeness (QED) is 0.399. The second-order valence-corrected chi connectivity index (χ2v) is 8.46. The number of rotatable bonds is 6. The van der Waals surface area contributed by atoms with Crippen molar-refractivity contribution in [2.75, 3.05) is 48.8 Å². The van der Waals surface area contributed by atoms with E-state index in [1.165, 1.54) is 23.0 Å². The Morgan fingerprint density at radius 1 is 1.11 bits per heavy atom. The van der Waals surface area contributed by atoms with E-state index < -0.39 is 11.6 Å². The van der Waals surface area contributed by atoms with Crippen LogP contribution in [-0.4, -0.2) is 63.6 Å². The van der Waals surface area contributed by atoms with Crippen LogP contribution < -0.4 is 15.5 Å². The molecule has 2 aromatic heterocycles. The summed E-state index contributed by atoms with van der Waals surface area (Å²) in [5, 5.41) is 9.77. The van der Waals surface area contributed by atoms with Crippen molar-refractivity contribution >= 4 is 34.6 Å². The third kappa shape index (κ3) is 4.60. The molecule has 0 radical (unpaired) electrons. The van der Waals surface area contributed by atoms with Crippen molar-refractivity contribution < 1.29 is 13.6 Å². The molecule has 1 fully saturated rings. The Labute approximate surface area is 206 Å². The van der Waals surface area contributed by atoms with Crippen LogP contribution in [-0.2, 0) is 4.79 Å². The number of nitrogens with zero attached hydrogens (tertiary/aromatic N) is 6. The van der Waals surface area contributed by atoms with E-state index in [9.17, 15) is 13.6 Å². The molecule has 4 aromatic rings. The Hall–Kier alpha value is -4.38. The largest absolute Gasteiger partial charge is 0.367 e. The number of amides is 1. The molecule has 0 atom stereocenters. The van der Waals surface area contributed by atoms with Gasteiger partial charge in [-0.15, -0.1) is 0 Å². The second-order valence-electron chi connectivity index (χ2n) is 8.46. The molecule has 1 saturated heterocycles. The molecule has 0 saturated carbocycles. The Balaban J connectivity index is 1.42. The van der Waals surface area contributed by atoms with Gasteiger partial charge in [0.2, 0.25) is 11.9 Å². The molecule has 0 spiro atoms. The third-order valence-corrected chi connectivity index (χ3v) is 6.05. The van der Waals surface area contributed by atoms with Crippen molar-refractivity contribution in [2.45, 2.75) is 0 Å². The van der Waals surface area contributed by atoms with Crippen molar-refractivity contribution in [3.8, 4) is 11.1 Å². The summed E-state index contributed by atoms with van der Waals surface area (Å²) in [5.41, 5.74) is 2.64. The number of carbonyl (C=O) groups is 1. The topological polar surface area (TPSA) is 90.7 Å². The zero-order chi connectivity index (χ0) is 25.2. The fraction of sp³-hybridized carbons (Fsp3) is 0.200. The van der Waals surface area contributed by atoms with Gasteiger partial charge in [0.05, 0.1) is 17.6 Å². The Morgan fingerprint density at radius 3 is 2.69 bits per heavy atom. The summed E-state index contributed by atoms with van der Waals surface area (Å²) in [6.07, 6.45) is 4.24. The van der Waals surface area contributed by atoms with Crippen LogP contribution in [0.5, 0.6) is 0 Å². The van der Waals surface area contributed by atoms with E-state index in [4.69, 9.17) is 0 Å².